The van der Waals surface area contributed by atoms with Crippen LogP contribution in [0.1, 0.15) is 40.5 Å². The van der Waals surface area contributed by atoms with E-state index in [0.717, 1.165) is 17.3 Å². The number of hydrogen-bond donors (Lipinski definition) is 1. The summed E-state index contributed by atoms with van der Waals surface area (Å²) >= 11 is 3.29. The third-order valence-electron chi connectivity index (χ3n) is 4.37. The molecular weight excluding hydrogens is 462 g/mol. The maximum Gasteiger partial charge on any atom is 0.338 e. The molecule has 1 N–H and O–H groups in total. The Morgan fingerprint density at radius 3 is 2.31 bits per heavy atom. The Balaban J connectivity index is 1.78. The van der Waals surface area contributed by atoms with Gasteiger partial charge in [0.05, 0.1) is 12.7 Å². The third kappa shape index (κ3) is 5.23. The number of rotatable bonds is 8. The first-order valence-electron chi connectivity index (χ1n) is 8.92. The van der Waals surface area contributed by atoms with E-state index in [-0.39, 0.29) is 28.0 Å². The summed E-state index contributed by atoms with van der Waals surface area (Å²) in [6, 6.07) is 10.6. The second-order valence-corrected chi connectivity index (χ2v) is 9.28. The average molecular weight is 482 g/mol. The zero-order chi connectivity index (χ0) is 21.2. The van der Waals surface area contributed by atoms with E-state index in [1.165, 1.54) is 32.2 Å². The summed E-state index contributed by atoms with van der Waals surface area (Å²) in [4.78, 5) is 24.8. The highest BCUT2D eigenvalue weighted by Gasteiger charge is 2.31. The molecule has 29 heavy (non-hydrogen) atoms. The summed E-state index contributed by atoms with van der Waals surface area (Å²) in [5, 5.41) is 0. The molecule has 0 aromatic heterocycles. The zero-order valence-corrected chi connectivity index (χ0v) is 18.2. The van der Waals surface area contributed by atoms with Crippen LogP contribution in [0.4, 0.5) is 0 Å². The SMILES string of the molecule is COc1ccc(C(=O)O[C@H](C)C(=O)c2ccc(Br)cc2)cc1S(=O)(=O)NC1CC1. The fraction of sp³-hybridized carbons (Fsp3) is 0.300. The number of sulfonamides is 1. The van der Waals surface area contributed by atoms with Crippen molar-refractivity contribution in [2.45, 2.75) is 36.8 Å². The molecule has 0 bridgehead atoms. The van der Waals surface area contributed by atoms with Crippen LogP contribution in [0.25, 0.3) is 0 Å². The molecule has 0 saturated heterocycles. The molecule has 7 nitrogen and oxygen atoms in total. The Morgan fingerprint density at radius 2 is 1.72 bits per heavy atom. The first kappa shape index (κ1) is 21.5. The summed E-state index contributed by atoms with van der Waals surface area (Å²) in [5.74, 6) is -1.04. The first-order valence-corrected chi connectivity index (χ1v) is 11.2. The normalized spacial score (nSPS) is 14.9. The standard InChI is InChI=1S/C20H20BrNO6S/c1-12(19(23)13-3-6-15(21)7-4-13)28-20(24)14-5-10-17(27-2)18(11-14)29(25,26)22-16-8-9-16/h3-7,10-12,16,22H,8-9H2,1-2H3/t12-/m1/s1. The van der Waals surface area contributed by atoms with Gasteiger partial charge in [-0.25, -0.2) is 17.9 Å². The predicted octanol–water partition coefficient (Wildman–Crippen LogP) is 3.33. The van der Waals surface area contributed by atoms with Crippen molar-refractivity contribution in [1.82, 2.24) is 4.72 Å². The van der Waals surface area contributed by atoms with Crippen molar-refractivity contribution in [3.05, 3.63) is 58.1 Å². The van der Waals surface area contributed by atoms with Gasteiger partial charge in [0.1, 0.15) is 10.6 Å². The van der Waals surface area contributed by atoms with Crippen LogP contribution in [-0.2, 0) is 14.8 Å². The van der Waals surface area contributed by atoms with Gasteiger partial charge in [0, 0.05) is 16.1 Å². The molecule has 1 aliphatic carbocycles. The number of methoxy groups -OCH3 is 1. The molecule has 1 atom stereocenters. The van der Waals surface area contributed by atoms with Gasteiger partial charge in [-0.2, -0.15) is 0 Å². The molecule has 1 saturated carbocycles. The number of ether oxygens (including phenoxy) is 2. The number of nitrogens with one attached hydrogen (secondary N) is 1. The maximum absolute atomic E-state index is 12.6. The highest BCUT2D eigenvalue weighted by atomic mass is 79.9. The number of ketones is 1. The van der Waals surface area contributed by atoms with Crippen molar-refractivity contribution >= 4 is 37.7 Å². The minimum atomic E-state index is -3.84. The fourth-order valence-electron chi connectivity index (χ4n) is 2.63. The van der Waals surface area contributed by atoms with Crippen molar-refractivity contribution in [1.29, 1.82) is 0 Å². The first-order chi connectivity index (χ1) is 13.7. The van der Waals surface area contributed by atoms with E-state index in [1.54, 1.807) is 24.3 Å². The summed E-state index contributed by atoms with van der Waals surface area (Å²) < 4.78 is 38.9. The summed E-state index contributed by atoms with van der Waals surface area (Å²) in [6.07, 6.45) is 0.521. The van der Waals surface area contributed by atoms with Gasteiger partial charge < -0.3 is 9.47 Å². The predicted molar refractivity (Wildman–Crippen MR) is 110 cm³/mol. The van der Waals surface area contributed by atoms with Crippen LogP contribution in [0.15, 0.2) is 51.8 Å². The molecule has 0 radical (unpaired) electrons. The molecule has 1 fully saturated rings. The number of Topliss-reactive ketones (excluding diaryl/α,β-unsaturated/α-hetero) is 1. The van der Waals surface area contributed by atoms with Gasteiger partial charge in [0.2, 0.25) is 15.8 Å². The van der Waals surface area contributed by atoms with Gasteiger partial charge >= 0.3 is 5.97 Å². The largest absolute Gasteiger partial charge is 0.495 e. The van der Waals surface area contributed by atoms with E-state index in [1.807, 2.05) is 0 Å². The number of benzene rings is 2. The molecule has 2 aromatic rings. The van der Waals surface area contributed by atoms with Gasteiger partial charge in [-0.05, 0) is 50.1 Å². The van der Waals surface area contributed by atoms with E-state index in [2.05, 4.69) is 20.7 Å². The molecule has 0 amide bonds. The molecular formula is C20H20BrNO6S. The summed E-state index contributed by atoms with van der Waals surface area (Å²) in [7, 11) is -2.49. The van der Waals surface area contributed by atoms with Crippen LogP contribution < -0.4 is 9.46 Å². The topological polar surface area (TPSA) is 98.8 Å². The molecule has 154 valence electrons. The molecule has 0 aliphatic heterocycles. The lowest BCUT2D eigenvalue weighted by Gasteiger charge is -2.14. The van der Waals surface area contributed by atoms with Crippen LogP contribution in [0, 0.1) is 0 Å². The highest BCUT2D eigenvalue weighted by molar-refractivity contribution is 9.10. The minimum absolute atomic E-state index is 0.0115. The van der Waals surface area contributed by atoms with Gasteiger partial charge in [-0.3, -0.25) is 4.79 Å². The minimum Gasteiger partial charge on any atom is -0.495 e. The number of esters is 1. The van der Waals surface area contributed by atoms with Crippen molar-refractivity contribution < 1.29 is 27.5 Å². The average Bonchev–Trinajstić information content (AvgIpc) is 3.50. The third-order valence-corrected chi connectivity index (χ3v) is 6.44. The number of halogens is 1. The molecule has 3 rings (SSSR count). The smallest absolute Gasteiger partial charge is 0.338 e. The van der Waals surface area contributed by atoms with Crippen LogP contribution in [-0.4, -0.2) is 39.4 Å². The quantitative estimate of drug-likeness (QED) is 0.458. The second-order valence-electron chi connectivity index (χ2n) is 6.68. The summed E-state index contributed by atoms with van der Waals surface area (Å²) in [6.45, 7) is 1.47. The Bertz CT molecular complexity index is 1030. The molecule has 1 aliphatic rings. The van der Waals surface area contributed by atoms with Crippen LogP contribution in [0.2, 0.25) is 0 Å². The van der Waals surface area contributed by atoms with E-state index in [9.17, 15) is 18.0 Å². The van der Waals surface area contributed by atoms with Crippen LogP contribution in [0.3, 0.4) is 0 Å². The maximum atomic E-state index is 12.6. The Morgan fingerprint density at radius 1 is 1.10 bits per heavy atom. The van der Waals surface area contributed by atoms with Crippen molar-refractivity contribution in [2.75, 3.05) is 7.11 Å². The van der Waals surface area contributed by atoms with Crippen LogP contribution in [0.5, 0.6) is 5.75 Å². The Labute approximate surface area is 177 Å². The Hall–Kier alpha value is -2.23. The van der Waals surface area contributed by atoms with E-state index in [0.29, 0.717) is 5.56 Å². The van der Waals surface area contributed by atoms with E-state index >= 15 is 0 Å². The molecule has 0 heterocycles. The number of carbonyl (C=O) groups excluding carboxylic acids is 2. The lowest BCUT2D eigenvalue weighted by Crippen LogP contribution is -2.27. The van der Waals surface area contributed by atoms with Gasteiger partial charge in [-0.1, -0.05) is 28.1 Å². The monoisotopic (exact) mass is 481 g/mol. The summed E-state index contributed by atoms with van der Waals surface area (Å²) in [5.41, 5.74) is 0.414. The molecule has 2 aromatic carbocycles. The van der Waals surface area contributed by atoms with E-state index < -0.39 is 22.1 Å². The zero-order valence-electron chi connectivity index (χ0n) is 15.8. The van der Waals surface area contributed by atoms with Crippen LogP contribution >= 0.6 is 15.9 Å². The van der Waals surface area contributed by atoms with Gasteiger partial charge in [0.15, 0.2) is 6.10 Å². The van der Waals surface area contributed by atoms with Crippen molar-refractivity contribution in [3.8, 4) is 5.75 Å². The van der Waals surface area contributed by atoms with Gasteiger partial charge in [0.25, 0.3) is 0 Å². The Kier molecular flexibility index (Phi) is 6.40. The van der Waals surface area contributed by atoms with Crippen molar-refractivity contribution in [3.63, 3.8) is 0 Å². The highest BCUT2D eigenvalue weighted by Crippen LogP contribution is 2.28. The molecule has 9 heteroatoms. The fourth-order valence-corrected chi connectivity index (χ4v) is 4.39. The number of hydrogen-bond acceptors (Lipinski definition) is 6. The lowest BCUT2D eigenvalue weighted by atomic mass is 10.1. The number of carbonyl (C=O) groups is 2. The van der Waals surface area contributed by atoms with E-state index in [4.69, 9.17) is 9.47 Å². The molecule has 0 unspecified atom stereocenters. The second kappa shape index (κ2) is 8.64. The van der Waals surface area contributed by atoms with Crippen molar-refractivity contribution in [2.24, 2.45) is 0 Å². The van der Waals surface area contributed by atoms with Gasteiger partial charge in [-0.15, -0.1) is 0 Å². The lowest BCUT2D eigenvalue weighted by molar-refractivity contribution is 0.0318. The molecule has 0 spiro atoms.